The van der Waals surface area contributed by atoms with Crippen molar-refractivity contribution in [3.63, 3.8) is 0 Å². The molecule has 1 fully saturated rings. The van der Waals surface area contributed by atoms with E-state index in [1.165, 1.54) is 0 Å². The van der Waals surface area contributed by atoms with Crippen LogP contribution in [0, 0.1) is 5.82 Å². The zero-order valence-electron chi connectivity index (χ0n) is 11.7. The number of carboxylic acids is 1. The van der Waals surface area contributed by atoms with E-state index in [9.17, 15) is 22.4 Å². The number of nitrogens with zero attached hydrogens (tertiary/aromatic N) is 1. The number of carbonyl (C=O) groups is 2. The SMILES string of the molecule is COC(=O)c1cc(F)cc(S(=O)(=O)N2CCC[C@H]2C(=O)O)c1. The molecule has 1 aliphatic rings. The zero-order chi connectivity index (χ0) is 16.5. The summed E-state index contributed by atoms with van der Waals surface area (Å²) in [7, 11) is -3.13. The fraction of sp³-hybridized carbons (Fsp3) is 0.385. The molecular weight excluding hydrogens is 317 g/mol. The van der Waals surface area contributed by atoms with Gasteiger partial charge in [0.25, 0.3) is 0 Å². The Morgan fingerprint density at radius 3 is 2.64 bits per heavy atom. The Labute approximate surface area is 126 Å². The minimum Gasteiger partial charge on any atom is -0.480 e. The highest BCUT2D eigenvalue weighted by atomic mass is 32.2. The summed E-state index contributed by atoms with van der Waals surface area (Å²) >= 11 is 0. The number of hydrogen-bond acceptors (Lipinski definition) is 5. The molecule has 1 aromatic rings. The van der Waals surface area contributed by atoms with Gasteiger partial charge in [-0.25, -0.2) is 17.6 Å². The number of methoxy groups -OCH3 is 1. The van der Waals surface area contributed by atoms with E-state index in [2.05, 4.69) is 4.74 Å². The summed E-state index contributed by atoms with van der Waals surface area (Å²) in [6, 6.07) is 1.39. The van der Waals surface area contributed by atoms with Crippen molar-refractivity contribution in [2.45, 2.75) is 23.8 Å². The Bertz CT molecular complexity index is 717. The van der Waals surface area contributed by atoms with E-state index in [4.69, 9.17) is 5.11 Å². The first kappa shape index (κ1) is 16.4. The van der Waals surface area contributed by atoms with Crippen molar-refractivity contribution < 1.29 is 32.2 Å². The van der Waals surface area contributed by atoms with Gasteiger partial charge in [-0.1, -0.05) is 0 Å². The first-order valence-electron chi connectivity index (χ1n) is 6.41. The van der Waals surface area contributed by atoms with Crippen molar-refractivity contribution >= 4 is 22.0 Å². The van der Waals surface area contributed by atoms with Crippen molar-refractivity contribution in [3.05, 3.63) is 29.6 Å². The van der Waals surface area contributed by atoms with Crippen molar-refractivity contribution in [2.24, 2.45) is 0 Å². The lowest BCUT2D eigenvalue weighted by molar-refractivity contribution is -0.140. The van der Waals surface area contributed by atoms with Gasteiger partial charge in [-0.05, 0) is 31.0 Å². The molecule has 0 spiro atoms. The van der Waals surface area contributed by atoms with Crippen LogP contribution in [-0.2, 0) is 19.6 Å². The highest BCUT2D eigenvalue weighted by molar-refractivity contribution is 7.89. The lowest BCUT2D eigenvalue weighted by Gasteiger charge is -2.21. The van der Waals surface area contributed by atoms with Crippen LogP contribution < -0.4 is 0 Å². The molecule has 0 amide bonds. The van der Waals surface area contributed by atoms with E-state index in [1.807, 2.05) is 0 Å². The molecular formula is C13H14FNO6S. The molecule has 22 heavy (non-hydrogen) atoms. The summed E-state index contributed by atoms with van der Waals surface area (Å²) in [5.74, 6) is -3.06. The van der Waals surface area contributed by atoms with Crippen LogP contribution in [0.25, 0.3) is 0 Å². The number of aliphatic carboxylic acids is 1. The molecule has 0 radical (unpaired) electrons. The van der Waals surface area contributed by atoms with Crippen molar-refractivity contribution in [1.82, 2.24) is 4.31 Å². The molecule has 0 unspecified atom stereocenters. The maximum absolute atomic E-state index is 13.6. The standard InChI is InChI=1S/C13H14FNO6S/c1-21-13(18)8-5-9(14)7-10(6-8)22(19,20)15-4-2-3-11(15)12(16)17/h5-7,11H,2-4H2,1H3,(H,16,17)/t11-/m0/s1. The molecule has 2 rings (SSSR count). The molecule has 1 aromatic carbocycles. The molecule has 0 saturated carbocycles. The molecule has 1 N–H and O–H groups in total. The number of sulfonamides is 1. The Hall–Kier alpha value is -2.00. The van der Waals surface area contributed by atoms with Crippen LogP contribution in [0.1, 0.15) is 23.2 Å². The summed E-state index contributed by atoms with van der Waals surface area (Å²) in [6.45, 7) is 0.0311. The molecule has 1 aliphatic heterocycles. The normalized spacial score (nSPS) is 19.1. The number of carboxylic acid groups (broad SMARTS) is 1. The fourth-order valence-electron chi connectivity index (χ4n) is 2.36. The Kier molecular flexibility index (Phi) is 4.47. The quantitative estimate of drug-likeness (QED) is 0.821. The van der Waals surface area contributed by atoms with Gasteiger partial charge in [0.15, 0.2) is 0 Å². The molecule has 7 nitrogen and oxygen atoms in total. The largest absolute Gasteiger partial charge is 0.480 e. The van der Waals surface area contributed by atoms with Crippen molar-refractivity contribution in [1.29, 1.82) is 0 Å². The van der Waals surface area contributed by atoms with Gasteiger partial charge in [-0.3, -0.25) is 4.79 Å². The highest BCUT2D eigenvalue weighted by Crippen LogP contribution is 2.27. The van der Waals surface area contributed by atoms with Gasteiger partial charge in [-0.2, -0.15) is 4.31 Å². The first-order chi connectivity index (χ1) is 10.3. The third-order valence-electron chi connectivity index (χ3n) is 3.39. The fourth-order valence-corrected chi connectivity index (χ4v) is 4.07. The number of carbonyl (C=O) groups excluding carboxylic acids is 1. The van der Waals surface area contributed by atoms with Crippen LogP contribution in [0.2, 0.25) is 0 Å². The Morgan fingerprint density at radius 1 is 1.36 bits per heavy atom. The number of benzene rings is 1. The highest BCUT2D eigenvalue weighted by Gasteiger charge is 2.39. The van der Waals surface area contributed by atoms with Gasteiger partial charge < -0.3 is 9.84 Å². The number of hydrogen-bond donors (Lipinski definition) is 1. The van der Waals surface area contributed by atoms with Crippen LogP contribution in [0.3, 0.4) is 0 Å². The second-order valence-corrected chi connectivity index (χ2v) is 6.67. The molecule has 1 saturated heterocycles. The third-order valence-corrected chi connectivity index (χ3v) is 5.27. The summed E-state index contributed by atoms with van der Waals surface area (Å²) in [5, 5.41) is 9.08. The first-order valence-corrected chi connectivity index (χ1v) is 7.85. The van der Waals surface area contributed by atoms with E-state index in [1.54, 1.807) is 0 Å². The van der Waals surface area contributed by atoms with Crippen LogP contribution >= 0.6 is 0 Å². The number of rotatable bonds is 4. The van der Waals surface area contributed by atoms with Crippen LogP contribution in [0.5, 0.6) is 0 Å². The molecule has 0 bridgehead atoms. The van der Waals surface area contributed by atoms with E-state index >= 15 is 0 Å². The Morgan fingerprint density at radius 2 is 2.05 bits per heavy atom. The average Bonchev–Trinajstić information content (AvgIpc) is 2.96. The van der Waals surface area contributed by atoms with Gasteiger partial charge in [0.2, 0.25) is 10.0 Å². The second-order valence-electron chi connectivity index (χ2n) is 4.78. The molecule has 9 heteroatoms. The molecule has 120 valence electrons. The van der Waals surface area contributed by atoms with E-state index in [0.717, 1.165) is 29.6 Å². The van der Waals surface area contributed by atoms with Crippen molar-refractivity contribution in [2.75, 3.05) is 13.7 Å². The van der Waals surface area contributed by atoms with Crippen molar-refractivity contribution in [3.8, 4) is 0 Å². The van der Waals surface area contributed by atoms with Gasteiger partial charge >= 0.3 is 11.9 Å². The predicted molar refractivity (Wildman–Crippen MR) is 72.3 cm³/mol. The number of ether oxygens (including phenoxy) is 1. The van der Waals surface area contributed by atoms with Gasteiger partial charge in [0.1, 0.15) is 11.9 Å². The lowest BCUT2D eigenvalue weighted by Crippen LogP contribution is -2.40. The number of halogens is 1. The second kappa shape index (κ2) is 6.01. The van der Waals surface area contributed by atoms with Crippen LogP contribution in [-0.4, -0.2) is 49.5 Å². The van der Waals surface area contributed by atoms with Crippen LogP contribution in [0.15, 0.2) is 23.1 Å². The summed E-state index contributed by atoms with van der Waals surface area (Å²) in [5.41, 5.74) is -0.257. The van der Waals surface area contributed by atoms with E-state index in [0.29, 0.717) is 6.42 Å². The lowest BCUT2D eigenvalue weighted by atomic mass is 10.2. The molecule has 1 heterocycles. The minimum atomic E-state index is -4.21. The van der Waals surface area contributed by atoms with E-state index in [-0.39, 0.29) is 18.5 Å². The molecule has 0 aliphatic carbocycles. The summed E-state index contributed by atoms with van der Waals surface area (Å²) in [6.07, 6.45) is 0.586. The predicted octanol–water partition coefficient (Wildman–Crippen LogP) is 0.850. The summed E-state index contributed by atoms with van der Waals surface area (Å²) in [4.78, 5) is 22.1. The number of esters is 1. The zero-order valence-corrected chi connectivity index (χ0v) is 12.5. The van der Waals surface area contributed by atoms with Crippen LogP contribution in [0.4, 0.5) is 4.39 Å². The molecule has 1 atom stereocenters. The van der Waals surface area contributed by atoms with E-state index < -0.39 is 38.7 Å². The maximum atomic E-state index is 13.6. The Balaban J connectivity index is 2.48. The average molecular weight is 331 g/mol. The topological polar surface area (TPSA) is 101 Å². The maximum Gasteiger partial charge on any atom is 0.337 e. The minimum absolute atomic E-state index is 0.0311. The molecule has 0 aromatic heterocycles. The smallest absolute Gasteiger partial charge is 0.337 e. The monoisotopic (exact) mass is 331 g/mol. The van der Waals surface area contributed by atoms with Gasteiger partial charge in [-0.15, -0.1) is 0 Å². The van der Waals surface area contributed by atoms with Gasteiger partial charge in [0.05, 0.1) is 17.6 Å². The third kappa shape index (κ3) is 2.95. The summed E-state index contributed by atoms with van der Waals surface area (Å²) < 4.78 is 43.9. The van der Waals surface area contributed by atoms with Gasteiger partial charge in [0, 0.05) is 6.54 Å².